The van der Waals surface area contributed by atoms with Gasteiger partial charge in [-0.2, -0.15) is 0 Å². The van der Waals surface area contributed by atoms with E-state index in [0.717, 1.165) is 5.56 Å². The van der Waals surface area contributed by atoms with Crippen LogP contribution in [0.2, 0.25) is 0 Å². The molecule has 0 radical (unpaired) electrons. The van der Waals surface area contributed by atoms with E-state index in [1.807, 2.05) is 0 Å². The van der Waals surface area contributed by atoms with Crippen molar-refractivity contribution < 1.29 is 16.7 Å². The van der Waals surface area contributed by atoms with E-state index in [1.165, 1.54) is 12.1 Å². The molecule has 0 heterocycles. The Kier molecular flexibility index (Phi) is 3.74. The SMILES string of the molecule is NC(=O)CCc1ccc([As](=O)(O)O)cc1. The summed E-state index contributed by atoms with van der Waals surface area (Å²) >= 11 is -4.77. The van der Waals surface area contributed by atoms with Gasteiger partial charge in [-0.3, -0.25) is 0 Å². The van der Waals surface area contributed by atoms with Crippen molar-refractivity contribution in [1.29, 1.82) is 0 Å². The molecule has 0 unspecified atom stereocenters. The fourth-order valence-electron chi connectivity index (χ4n) is 1.12. The molecule has 1 aromatic rings. The van der Waals surface area contributed by atoms with Gasteiger partial charge < -0.3 is 0 Å². The Labute approximate surface area is 89.9 Å². The number of nitrogens with two attached hydrogens (primary N) is 1. The number of carbonyl (C=O) groups is 1. The fraction of sp³-hybridized carbons (Fsp3) is 0.222. The van der Waals surface area contributed by atoms with E-state index < -0.39 is 20.1 Å². The quantitative estimate of drug-likeness (QED) is 0.591. The average molecular weight is 273 g/mol. The van der Waals surface area contributed by atoms with E-state index in [-0.39, 0.29) is 10.8 Å². The summed E-state index contributed by atoms with van der Waals surface area (Å²) in [4.78, 5) is 10.5. The zero-order valence-corrected chi connectivity index (χ0v) is 9.84. The van der Waals surface area contributed by atoms with Crippen molar-refractivity contribution in [3.8, 4) is 0 Å². The molecule has 0 fully saturated rings. The first-order chi connectivity index (χ1) is 6.89. The molecule has 15 heavy (non-hydrogen) atoms. The molecule has 1 amide bonds. The number of aryl methyl sites for hydroxylation is 1. The van der Waals surface area contributed by atoms with Gasteiger partial charge in [-0.1, -0.05) is 0 Å². The molecule has 0 aliphatic rings. The van der Waals surface area contributed by atoms with Gasteiger partial charge in [-0.15, -0.1) is 0 Å². The number of amides is 1. The summed E-state index contributed by atoms with van der Waals surface area (Å²) in [6, 6.07) is 5.96. The molecule has 1 rings (SSSR count). The predicted octanol–water partition coefficient (Wildman–Crippen LogP) is -1.33. The van der Waals surface area contributed by atoms with Crippen LogP contribution < -0.4 is 10.1 Å². The maximum absolute atomic E-state index is 10.9. The first-order valence-electron chi connectivity index (χ1n) is 4.33. The number of carbonyl (C=O) groups excluding carboxylic acids is 1. The Morgan fingerprint density at radius 2 is 1.80 bits per heavy atom. The normalized spacial score (nSPS) is 11.3. The van der Waals surface area contributed by atoms with Crippen molar-refractivity contribution in [3.05, 3.63) is 29.8 Å². The third-order valence-corrected chi connectivity index (χ3v) is 3.97. The molecule has 0 bridgehead atoms. The Hall–Kier alpha value is -1.03. The molecule has 0 spiro atoms. The summed E-state index contributed by atoms with van der Waals surface area (Å²) in [5, 5.41) is 0. The number of hydrogen-bond acceptors (Lipinski definition) is 2. The molecule has 1 aromatic carbocycles. The summed E-state index contributed by atoms with van der Waals surface area (Å²) < 4.78 is 28.7. The van der Waals surface area contributed by atoms with E-state index in [2.05, 4.69) is 0 Å². The molecule has 0 aromatic heterocycles. The molecule has 6 heteroatoms. The van der Waals surface area contributed by atoms with Crippen molar-refractivity contribution >= 4 is 24.4 Å². The third-order valence-electron chi connectivity index (χ3n) is 1.93. The Morgan fingerprint density at radius 1 is 1.27 bits per heavy atom. The van der Waals surface area contributed by atoms with Gasteiger partial charge in [0.25, 0.3) is 0 Å². The second-order valence-electron chi connectivity index (χ2n) is 3.18. The minimum atomic E-state index is -4.77. The van der Waals surface area contributed by atoms with E-state index in [1.54, 1.807) is 12.1 Å². The van der Waals surface area contributed by atoms with Crippen molar-refractivity contribution in [2.75, 3.05) is 0 Å². The Morgan fingerprint density at radius 3 is 2.20 bits per heavy atom. The number of rotatable bonds is 4. The van der Waals surface area contributed by atoms with E-state index in [4.69, 9.17) is 13.9 Å². The molecule has 0 atom stereocenters. The summed E-state index contributed by atoms with van der Waals surface area (Å²) in [7, 11) is 0. The summed E-state index contributed by atoms with van der Waals surface area (Å²) in [5.41, 5.74) is 5.81. The van der Waals surface area contributed by atoms with Gasteiger partial charge in [0.2, 0.25) is 0 Å². The molecule has 82 valence electrons. The fourth-order valence-corrected chi connectivity index (χ4v) is 2.25. The Balaban J connectivity index is 2.73. The van der Waals surface area contributed by atoms with Crippen LogP contribution in [-0.2, 0) is 15.0 Å². The maximum atomic E-state index is 10.9. The minimum absolute atomic E-state index is 0.0379. The van der Waals surface area contributed by atoms with Gasteiger partial charge in [-0.05, 0) is 0 Å². The van der Waals surface area contributed by atoms with Crippen molar-refractivity contribution in [2.24, 2.45) is 5.73 Å². The van der Waals surface area contributed by atoms with E-state index in [9.17, 15) is 8.53 Å². The van der Waals surface area contributed by atoms with Crippen LogP contribution in [0.25, 0.3) is 0 Å². The van der Waals surface area contributed by atoms with Crippen LogP contribution >= 0.6 is 0 Å². The molecule has 0 saturated heterocycles. The second kappa shape index (κ2) is 4.66. The van der Waals surface area contributed by atoms with Gasteiger partial charge in [0.05, 0.1) is 0 Å². The monoisotopic (exact) mass is 273 g/mol. The number of hydrogen-bond donors (Lipinski definition) is 3. The molecule has 0 saturated carbocycles. The summed E-state index contributed by atoms with van der Waals surface area (Å²) in [6.07, 6.45) is 0.726. The van der Waals surface area contributed by atoms with Crippen LogP contribution in [0.1, 0.15) is 12.0 Å². The zero-order valence-electron chi connectivity index (χ0n) is 7.96. The van der Waals surface area contributed by atoms with Crippen LogP contribution in [0.4, 0.5) is 0 Å². The van der Waals surface area contributed by atoms with Gasteiger partial charge in [0, 0.05) is 0 Å². The summed E-state index contributed by atoms with van der Waals surface area (Å²) in [6.45, 7) is 0. The molecule has 0 aliphatic carbocycles. The van der Waals surface area contributed by atoms with Crippen LogP contribution in [-0.4, -0.2) is 28.3 Å². The van der Waals surface area contributed by atoms with Crippen LogP contribution in [0.3, 0.4) is 0 Å². The van der Waals surface area contributed by atoms with Gasteiger partial charge in [0.15, 0.2) is 0 Å². The first kappa shape index (κ1) is 12.0. The molecular weight excluding hydrogens is 261 g/mol. The standard InChI is InChI=1S/C9H12AsNO4/c11-9(12)6-3-7-1-4-8(5-2-7)10(13,14)15/h1-2,4-5H,3,6H2,(H2,11,12)(H2,13,14,15). The van der Waals surface area contributed by atoms with Gasteiger partial charge in [-0.25, -0.2) is 0 Å². The zero-order chi connectivity index (χ0) is 11.5. The van der Waals surface area contributed by atoms with Crippen LogP contribution in [0.15, 0.2) is 24.3 Å². The van der Waals surface area contributed by atoms with Crippen molar-refractivity contribution in [2.45, 2.75) is 12.8 Å². The Bertz CT molecular complexity index is 395. The van der Waals surface area contributed by atoms with Gasteiger partial charge in [0.1, 0.15) is 0 Å². The van der Waals surface area contributed by atoms with Gasteiger partial charge >= 0.3 is 89.6 Å². The summed E-state index contributed by atoms with van der Waals surface area (Å²) in [5.74, 6) is -0.391. The third kappa shape index (κ3) is 3.91. The topological polar surface area (TPSA) is 101 Å². The average Bonchev–Trinajstić information content (AvgIpc) is 2.14. The predicted molar refractivity (Wildman–Crippen MR) is 54.5 cm³/mol. The molecule has 0 aliphatic heterocycles. The van der Waals surface area contributed by atoms with Crippen molar-refractivity contribution in [1.82, 2.24) is 0 Å². The number of primary amides is 1. The van der Waals surface area contributed by atoms with Crippen molar-refractivity contribution in [3.63, 3.8) is 0 Å². The second-order valence-corrected chi connectivity index (χ2v) is 6.54. The molecule has 5 nitrogen and oxygen atoms in total. The molecular formula is C9H12AsNO4. The first-order valence-corrected chi connectivity index (χ1v) is 7.71. The van der Waals surface area contributed by atoms with E-state index >= 15 is 0 Å². The number of benzene rings is 1. The molecule has 4 N–H and O–H groups in total. The van der Waals surface area contributed by atoms with Crippen LogP contribution in [0, 0.1) is 0 Å². The van der Waals surface area contributed by atoms with E-state index in [0.29, 0.717) is 6.42 Å². The van der Waals surface area contributed by atoms with Crippen LogP contribution in [0.5, 0.6) is 0 Å².